The molecule has 12 rings (SSSR count). The molecule has 10 aromatic rings. The summed E-state index contributed by atoms with van der Waals surface area (Å²) in [5.41, 5.74) is 16.0. The first-order valence-corrected chi connectivity index (χ1v) is 21.6. The van der Waals surface area contributed by atoms with E-state index in [9.17, 15) is 0 Å². The van der Waals surface area contributed by atoms with Crippen molar-refractivity contribution in [2.45, 2.75) is 25.7 Å². The fraction of sp³-hybridized carbons (Fsp3) is 0.0702. The Kier molecular flexibility index (Phi) is 8.70. The molecule has 7 aromatic carbocycles. The lowest BCUT2D eigenvalue weighted by molar-refractivity contribution is 0.888. The van der Waals surface area contributed by atoms with Crippen LogP contribution in [0, 0.1) is 0 Å². The molecule has 5 heteroatoms. The van der Waals surface area contributed by atoms with Crippen molar-refractivity contribution in [2.75, 3.05) is 0 Å². The zero-order valence-corrected chi connectivity index (χ0v) is 34.1. The molecule has 294 valence electrons. The van der Waals surface area contributed by atoms with Gasteiger partial charge in [-0.15, -0.1) is 0 Å². The van der Waals surface area contributed by atoms with E-state index >= 15 is 0 Å². The third-order valence-electron chi connectivity index (χ3n) is 12.5. The maximum atomic E-state index is 5.38. The average molecular weight is 796 g/mol. The first kappa shape index (κ1) is 36.0. The van der Waals surface area contributed by atoms with Crippen molar-refractivity contribution in [2.24, 2.45) is 0 Å². The van der Waals surface area contributed by atoms with Crippen molar-refractivity contribution in [1.82, 2.24) is 24.1 Å². The van der Waals surface area contributed by atoms with Crippen LogP contribution in [0.4, 0.5) is 0 Å². The third kappa shape index (κ3) is 6.12. The summed E-state index contributed by atoms with van der Waals surface area (Å²) in [7, 11) is 0. The standard InChI is InChI=1S/C57H41N5/c1-4-15-38(16-5-1)39-27-29-40(30-28-39)41-31-33-42(34-32-41)55-58-56(43-35-36-47-46-21-10-12-24-50(46)62(53(47)37-43)45-19-8-3-9-20-45)60-57(59-55)49-23-14-26-52-54(49)48-22-11-13-25-51(48)61(52)44-17-6-2-7-18-44/h1,3-6,8-11,13-23,25-37H,2,7,12,24H2. The van der Waals surface area contributed by atoms with Gasteiger partial charge in [-0.1, -0.05) is 164 Å². The molecule has 2 aliphatic rings. The van der Waals surface area contributed by atoms with Gasteiger partial charge in [0.25, 0.3) is 0 Å². The summed E-state index contributed by atoms with van der Waals surface area (Å²) in [6.45, 7) is 0. The molecule has 0 saturated heterocycles. The molecule has 3 aromatic heterocycles. The summed E-state index contributed by atoms with van der Waals surface area (Å²) in [4.78, 5) is 16.0. The predicted molar refractivity (Wildman–Crippen MR) is 257 cm³/mol. The molecule has 0 aliphatic heterocycles. The molecule has 0 saturated carbocycles. The van der Waals surface area contributed by atoms with E-state index in [0.29, 0.717) is 17.5 Å². The molecule has 0 bridgehead atoms. The molecule has 3 heterocycles. The fourth-order valence-electron chi connectivity index (χ4n) is 9.53. The SMILES string of the molecule is C1=CC(n2c3ccccc3c3c(-c4nc(-c5ccc(-c6ccc(-c7ccccc7)cc6)cc5)nc(-c5ccc6c7c(n(-c8ccccc8)c6c5)CCC=C7)n4)cccc32)=CCC1. The maximum Gasteiger partial charge on any atom is 0.164 e. The van der Waals surface area contributed by atoms with Crippen LogP contribution in [-0.4, -0.2) is 24.1 Å². The van der Waals surface area contributed by atoms with E-state index in [-0.39, 0.29) is 0 Å². The van der Waals surface area contributed by atoms with Crippen molar-refractivity contribution in [3.05, 3.63) is 205 Å². The summed E-state index contributed by atoms with van der Waals surface area (Å²) < 4.78 is 4.82. The van der Waals surface area contributed by atoms with Crippen molar-refractivity contribution >= 4 is 44.5 Å². The second kappa shape index (κ2) is 15.0. The molecule has 0 radical (unpaired) electrons. The van der Waals surface area contributed by atoms with E-state index in [2.05, 4.69) is 209 Å². The quantitative estimate of drug-likeness (QED) is 0.161. The molecule has 0 fully saturated rings. The van der Waals surface area contributed by atoms with Gasteiger partial charge >= 0.3 is 0 Å². The molecule has 0 unspecified atom stereocenters. The lowest BCUT2D eigenvalue weighted by atomic mass is 9.99. The molecule has 0 spiro atoms. The van der Waals surface area contributed by atoms with Crippen LogP contribution in [0.5, 0.6) is 0 Å². The average Bonchev–Trinajstić information content (AvgIpc) is 3.87. The van der Waals surface area contributed by atoms with E-state index in [4.69, 9.17) is 15.0 Å². The molecule has 62 heavy (non-hydrogen) atoms. The molecule has 5 nitrogen and oxygen atoms in total. The van der Waals surface area contributed by atoms with E-state index in [1.807, 2.05) is 0 Å². The van der Waals surface area contributed by atoms with Crippen LogP contribution in [0.15, 0.2) is 194 Å². The molecule has 0 amide bonds. The van der Waals surface area contributed by atoms with Gasteiger partial charge in [-0.2, -0.15) is 0 Å². The topological polar surface area (TPSA) is 48.5 Å². The Bertz CT molecular complexity index is 3420. The van der Waals surface area contributed by atoms with Gasteiger partial charge in [0.15, 0.2) is 17.5 Å². The number of fused-ring (bicyclic) bond motifs is 6. The van der Waals surface area contributed by atoms with E-state index in [0.717, 1.165) is 75.6 Å². The summed E-state index contributed by atoms with van der Waals surface area (Å²) >= 11 is 0. The first-order valence-electron chi connectivity index (χ1n) is 21.6. The van der Waals surface area contributed by atoms with Gasteiger partial charge in [-0.25, -0.2) is 15.0 Å². The van der Waals surface area contributed by atoms with Crippen molar-refractivity contribution in [1.29, 1.82) is 0 Å². The smallest absolute Gasteiger partial charge is 0.164 e. The van der Waals surface area contributed by atoms with Crippen molar-refractivity contribution < 1.29 is 0 Å². The Hall–Kier alpha value is -7.89. The van der Waals surface area contributed by atoms with Crippen LogP contribution >= 0.6 is 0 Å². The number of para-hydroxylation sites is 2. The van der Waals surface area contributed by atoms with Gasteiger partial charge in [0.1, 0.15) is 0 Å². The molecular weight excluding hydrogens is 755 g/mol. The van der Waals surface area contributed by atoms with Gasteiger partial charge in [0, 0.05) is 55.5 Å². The first-order chi connectivity index (χ1) is 30.7. The fourth-order valence-corrected chi connectivity index (χ4v) is 9.53. The van der Waals surface area contributed by atoms with Gasteiger partial charge in [-0.3, -0.25) is 0 Å². The zero-order chi connectivity index (χ0) is 41.0. The molecule has 2 aliphatic carbocycles. The number of hydrogen-bond acceptors (Lipinski definition) is 3. The maximum absolute atomic E-state index is 5.38. The summed E-state index contributed by atoms with van der Waals surface area (Å²) in [5, 5.41) is 3.53. The number of nitrogens with zero attached hydrogens (tertiary/aromatic N) is 5. The molecule has 0 atom stereocenters. The van der Waals surface area contributed by atoms with E-state index in [1.54, 1.807) is 0 Å². The summed E-state index contributed by atoms with van der Waals surface area (Å²) in [6.07, 6.45) is 15.5. The Morgan fingerprint density at radius 1 is 0.403 bits per heavy atom. The predicted octanol–water partition coefficient (Wildman–Crippen LogP) is 14.4. The molecular formula is C57H41N5. The lowest BCUT2D eigenvalue weighted by Gasteiger charge is -2.13. The minimum Gasteiger partial charge on any atom is -0.313 e. The number of aromatic nitrogens is 5. The van der Waals surface area contributed by atoms with Crippen LogP contribution in [0.2, 0.25) is 0 Å². The van der Waals surface area contributed by atoms with E-state index in [1.165, 1.54) is 44.4 Å². The number of rotatable bonds is 7. The summed E-state index contributed by atoms with van der Waals surface area (Å²) in [6, 6.07) is 60.5. The highest BCUT2D eigenvalue weighted by Crippen LogP contribution is 2.40. The largest absolute Gasteiger partial charge is 0.313 e. The van der Waals surface area contributed by atoms with E-state index < -0.39 is 0 Å². The van der Waals surface area contributed by atoms with Crippen molar-refractivity contribution in [3.63, 3.8) is 0 Å². The van der Waals surface area contributed by atoms with Crippen LogP contribution in [-0.2, 0) is 6.42 Å². The van der Waals surface area contributed by atoms with Crippen LogP contribution in [0.25, 0.3) is 107 Å². The molecule has 0 N–H and O–H groups in total. The normalized spacial score (nSPS) is 13.5. The van der Waals surface area contributed by atoms with Gasteiger partial charge < -0.3 is 9.13 Å². The number of hydrogen-bond donors (Lipinski definition) is 0. The summed E-state index contributed by atoms with van der Waals surface area (Å²) in [5.74, 6) is 1.92. The monoisotopic (exact) mass is 795 g/mol. The minimum absolute atomic E-state index is 0.635. The van der Waals surface area contributed by atoms with Crippen molar-refractivity contribution in [3.8, 4) is 62.1 Å². The van der Waals surface area contributed by atoms with Crippen LogP contribution in [0.3, 0.4) is 0 Å². The Labute approximate surface area is 360 Å². The minimum atomic E-state index is 0.635. The Morgan fingerprint density at radius 2 is 1.02 bits per heavy atom. The highest BCUT2D eigenvalue weighted by Gasteiger charge is 2.23. The Morgan fingerprint density at radius 3 is 1.76 bits per heavy atom. The Balaban J connectivity index is 1.04. The number of allylic oxidation sites excluding steroid dienone is 5. The van der Waals surface area contributed by atoms with Gasteiger partial charge in [0.2, 0.25) is 0 Å². The van der Waals surface area contributed by atoms with Gasteiger partial charge in [-0.05, 0) is 84.3 Å². The van der Waals surface area contributed by atoms with Crippen LogP contribution in [0.1, 0.15) is 30.5 Å². The van der Waals surface area contributed by atoms with Crippen LogP contribution < -0.4 is 0 Å². The second-order valence-corrected chi connectivity index (χ2v) is 16.2. The highest BCUT2D eigenvalue weighted by atomic mass is 15.0. The highest BCUT2D eigenvalue weighted by molar-refractivity contribution is 6.16. The third-order valence-corrected chi connectivity index (χ3v) is 12.5. The lowest BCUT2D eigenvalue weighted by Crippen LogP contribution is -2.03. The van der Waals surface area contributed by atoms with Gasteiger partial charge in [0.05, 0.1) is 16.6 Å². The second-order valence-electron chi connectivity index (χ2n) is 16.2. The zero-order valence-electron chi connectivity index (χ0n) is 34.1. The number of benzene rings is 7.